The molecule has 4 N–H and O–H groups in total. The fourth-order valence-corrected chi connectivity index (χ4v) is 1.60. The molecule has 1 unspecified atom stereocenters. The van der Waals surface area contributed by atoms with Crippen molar-refractivity contribution in [3.05, 3.63) is 0 Å². The van der Waals surface area contributed by atoms with Gasteiger partial charge in [-0.2, -0.15) is 0 Å². The lowest BCUT2D eigenvalue weighted by molar-refractivity contribution is -0.151. The second-order valence-corrected chi connectivity index (χ2v) is 3.87. The van der Waals surface area contributed by atoms with E-state index in [1.807, 2.05) is 10.5 Å². The lowest BCUT2D eigenvalue weighted by atomic mass is 10.1. The predicted octanol–water partition coefficient (Wildman–Crippen LogP) is -1.25. The summed E-state index contributed by atoms with van der Waals surface area (Å²) in [5.41, 5.74) is 1.23. The Balaban J connectivity index is 2.17. The molecule has 1 fully saturated rings. The van der Waals surface area contributed by atoms with E-state index in [4.69, 9.17) is 5.84 Å². The molecule has 0 radical (unpaired) electrons. The average Bonchev–Trinajstić information content (AvgIpc) is 2.43. The van der Waals surface area contributed by atoms with E-state index < -0.39 is 5.60 Å². The molecule has 1 aliphatic heterocycles. The molecular formula is C8H17N3O3. The number of nitrogens with zero attached hydrogens (tertiary/aromatic N) is 1. The molecule has 0 aromatic rings. The second kappa shape index (κ2) is 4.70. The van der Waals surface area contributed by atoms with Crippen LogP contribution >= 0.6 is 0 Å². The standard InChI is InChI=1S/C8H17N3O3/c1-8(13)3-5-11(6-8)4-2-7(12)14-10-9/h10,13H,2-6,9H2,1H3. The minimum absolute atomic E-state index is 0.278. The fourth-order valence-electron chi connectivity index (χ4n) is 1.60. The SMILES string of the molecule is CC1(O)CCN(CCC(=O)ONN)C1. The van der Waals surface area contributed by atoms with E-state index in [0.717, 1.165) is 13.0 Å². The molecule has 1 heterocycles. The van der Waals surface area contributed by atoms with E-state index in [1.54, 1.807) is 6.92 Å². The van der Waals surface area contributed by atoms with Crippen LogP contribution in [0.1, 0.15) is 19.8 Å². The van der Waals surface area contributed by atoms with Crippen LogP contribution in [0.4, 0.5) is 0 Å². The van der Waals surface area contributed by atoms with E-state index in [2.05, 4.69) is 4.84 Å². The van der Waals surface area contributed by atoms with Crippen molar-refractivity contribution in [2.45, 2.75) is 25.4 Å². The summed E-state index contributed by atoms with van der Waals surface area (Å²) in [5, 5.41) is 9.64. The van der Waals surface area contributed by atoms with Crippen molar-refractivity contribution in [2.75, 3.05) is 19.6 Å². The van der Waals surface area contributed by atoms with Crippen molar-refractivity contribution >= 4 is 5.97 Å². The Kier molecular flexibility index (Phi) is 3.82. The number of β-amino-alcohol motifs (C(OH)–C–C–N with tert-alkyl or cyclic N) is 1. The molecule has 0 amide bonds. The summed E-state index contributed by atoms with van der Waals surface area (Å²) in [6, 6.07) is 0. The van der Waals surface area contributed by atoms with Crippen LogP contribution < -0.4 is 11.4 Å². The topological polar surface area (TPSA) is 87.8 Å². The highest BCUT2D eigenvalue weighted by Gasteiger charge is 2.31. The first-order valence-corrected chi connectivity index (χ1v) is 4.63. The minimum Gasteiger partial charge on any atom is -0.389 e. The van der Waals surface area contributed by atoms with Gasteiger partial charge in [0.15, 0.2) is 0 Å². The number of hydrazine groups is 1. The maximum absolute atomic E-state index is 10.9. The monoisotopic (exact) mass is 203 g/mol. The Bertz CT molecular complexity index is 208. The van der Waals surface area contributed by atoms with Gasteiger partial charge in [0, 0.05) is 19.6 Å². The number of carbonyl (C=O) groups is 1. The summed E-state index contributed by atoms with van der Waals surface area (Å²) in [7, 11) is 0. The van der Waals surface area contributed by atoms with Crippen LogP contribution in [0, 0.1) is 0 Å². The summed E-state index contributed by atoms with van der Waals surface area (Å²) in [6.45, 7) is 3.82. The average molecular weight is 203 g/mol. The number of rotatable bonds is 4. The first-order valence-electron chi connectivity index (χ1n) is 4.63. The summed E-state index contributed by atoms with van der Waals surface area (Å²) >= 11 is 0. The molecule has 14 heavy (non-hydrogen) atoms. The van der Waals surface area contributed by atoms with E-state index in [9.17, 15) is 9.90 Å². The zero-order valence-corrected chi connectivity index (χ0v) is 8.32. The Morgan fingerprint density at radius 1 is 1.79 bits per heavy atom. The van der Waals surface area contributed by atoms with Gasteiger partial charge in [0.05, 0.1) is 12.0 Å². The number of aliphatic hydroxyl groups is 1. The van der Waals surface area contributed by atoms with E-state index >= 15 is 0 Å². The molecule has 6 nitrogen and oxygen atoms in total. The number of nitrogens with two attached hydrogens (primary N) is 1. The van der Waals surface area contributed by atoms with E-state index in [0.29, 0.717) is 13.1 Å². The van der Waals surface area contributed by atoms with Crippen LogP contribution in [0.5, 0.6) is 0 Å². The number of carbonyl (C=O) groups excluding carboxylic acids is 1. The molecule has 0 aromatic heterocycles. The Morgan fingerprint density at radius 2 is 2.50 bits per heavy atom. The molecule has 6 heteroatoms. The largest absolute Gasteiger partial charge is 0.389 e. The third-order valence-electron chi connectivity index (χ3n) is 2.34. The Labute approximate surface area is 82.9 Å². The maximum Gasteiger partial charge on any atom is 0.327 e. The van der Waals surface area contributed by atoms with Gasteiger partial charge in [0.25, 0.3) is 0 Å². The highest BCUT2D eigenvalue weighted by atomic mass is 16.7. The molecule has 0 aromatic carbocycles. The fraction of sp³-hybridized carbons (Fsp3) is 0.875. The quantitative estimate of drug-likeness (QED) is 0.391. The number of hydrogen-bond acceptors (Lipinski definition) is 6. The Hall–Kier alpha value is -0.690. The van der Waals surface area contributed by atoms with Crippen LogP contribution in [0.15, 0.2) is 0 Å². The van der Waals surface area contributed by atoms with E-state index in [-0.39, 0.29) is 12.4 Å². The third-order valence-corrected chi connectivity index (χ3v) is 2.34. The van der Waals surface area contributed by atoms with Crippen molar-refractivity contribution in [3.63, 3.8) is 0 Å². The van der Waals surface area contributed by atoms with Gasteiger partial charge < -0.3 is 9.94 Å². The van der Waals surface area contributed by atoms with Gasteiger partial charge in [-0.05, 0) is 13.3 Å². The summed E-state index contributed by atoms with van der Waals surface area (Å²) < 4.78 is 0. The molecule has 0 bridgehead atoms. The van der Waals surface area contributed by atoms with Gasteiger partial charge in [0.2, 0.25) is 0 Å². The normalized spacial score (nSPS) is 27.9. The lowest BCUT2D eigenvalue weighted by Gasteiger charge is -2.17. The van der Waals surface area contributed by atoms with Crippen LogP contribution in [-0.4, -0.2) is 41.2 Å². The molecule has 1 aliphatic rings. The summed E-state index contributed by atoms with van der Waals surface area (Å²) in [4.78, 5) is 17.3. The van der Waals surface area contributed by atoms with Crippen LogP contribution in [0.25, 0.3) is 0 Å². The van der Waals surface area contributed by atoms with Gasteiger partial charge in [0.1, 0.15) is 0 Å². The Morgan fingerprint density at radius 3 is 3.00 bits per heavy atom. The first kappa shape index (κ1) is 11.4. The molecule has 0 saturated carbocycles. The van der Waals surface area contributed by atoms with Crippen molar-refractivity contribution in [1.29, 1.82) is 0 Å². The molecule has 0 aliphatic carbocycles. The van der Waals surface area contributed by atoms with Crippen molar-refractivity contribution in [3.8, 4) is 0 Å². The highest BCUT2D eigenvalue weighted by Crippen LogP contribution is 2.19. The number of nitrogens with one attached hydrogen (secondary N) is 1. The van der Waals surface area contributed by atoms with Gasteiger partial charge in [-0.25, -0.2) is 5.84 Å². The summed E-state index contributed by atoms with van der Waals surface area (Å²) in [5.74, 6) is 4.42. The molecule has 82 valence electrons. The van der Waals surface area contributed by atoms with Gasteiger partial charge in [-0.15, -0.1) is 0 Å². The molecule has 0 spiro atoms. The molecule has 1 rings (SSSR count). The van der Waals surface area contributed by atoms with Gasteiger partial charge >= 0.3 is 5.97 Å². The molecular weight excluding hydrogens is 186 g/mol. The lowest BCUT2D eigenvalue weighted by Crippen LogP contribution is -2.32. The number of hydrogen-bond donors (Lipinski definition) is 3. The molecule has 1 atom stereocenters. The van der Waals surface area contributed by atoms with Gasteiger partial charge in [-0.1, -0.05) is 5.59 Å². The maximum atomic E-state index is 10.9. The van der Waals surface area contributed by atoms with Crippen LogP contribution in [0.3, 0.4) is 0 Å². The smallest absolute Gasteiger partial charge is 0.327 e. The molecule has 1 saturated heterocycles. The minimum atomic E-state index is -0.615. The summed E-state index contributed by atoms with van der Waals surface area (Å²) in [6.07, 6.45) is 1.03. The third kappa shape index (κ3) is 3.59. The zero-order valence-electron chi connectivity index (χ0n) is 8.32. The second-order valence-electron chi connectivity index (χ2n) is 3.87. The van der Waals surface area contributed by atoms with Gasteiger partial charge in [-0.3, -0.25) is 9.69 Å². The zero-order chi connectivity index (χ0) is 10.6. The highest BCUT2D eigenvalue weighted by molar-refractivity contribution is 5.69. The van der Waals surface area contributed by atoms with Crippen LogP contribution in [-0.2, 0) is 9.63 Å². The number of likely N-dealkylation sites (tertiary alicyclic amines) is 1. The predicted molar refractivity (Wildman–Crippen MR) is 49.7 cm³/mol. The van der Waals surface area contributed by atoms with Crippen molar-refractivity contribution < 1.29 is 14.7 Å². The van der Waals surface area contributed by atoms with Crippen molar-refractivity contribution in [1.82, 2.24) is 10.5 Å². The van der Waals surface area contributed by atoms with Crippen LogP contribution in [0.2, 0.25) is 0 Å². The first-order chi connectivity index (χ1) is 6.53. The van der Waals surface area contributed by atoms with E-state index in [1.165, 1.54) is 0 Å². The van der Waals surface area contributed by atoms with Crippen molar-refractivity contribution in [2.24, 2.45) is 5.84 Å².